The lowest BCUT2D eigenvalue weighted by molar-refractivity contribution is -0.132. The Bertz CT molecular complexity index is 1140. The van der Waals surface area contributed by atoms with Gasteiger partial charge in [-0.25, -0.2) is 9.97 Å². The van der Waals surface area contributed by atoms with Crippen molar-refractivity contribution in [3.05, 3.63) is 54.5 Å². The highest BCUT2D eigenvalue weighted by Gasteiger charge is 2.37. The lowest BCUT2D eigenvalue weighted by atomic mass is 9.38. The maximum absolute atomic E-state index is 12.3. The zero-order valence-corrected chi connectivity index (χ0v) is 18.6. The maximum atomic E-state index is 12.3. The number of piperidine rings is 1. The van der Waals surface area contributed by atoms with Gasteiger partial charge in [-0.05, 0) is 31.4 Å². The van der Waals surface area contributed by atoms with Crippen LogP contribution in [0.5, 0.6) is 0 Å². The lowest BCUT2D eigenvalue weighted by Crippen LogP contribution is -2.52. The van der Waals surface area contributed by atoms with E-state index in [0.717, 1.165) is 11.3 Å². The molecule has 1 N–H and O–H groups in total. The molecule has 6 radical (unpaired) electrons. The predicted octanol–water partition coefficient (Wildman–Crippen LogP) is 2.05. The Morgan fingerprint density at radius 1 is 1.06 bits per heavy atom. The van der Waals surface area contributed by atoms with Crippen LogP contribution in [-0.2, 0) is 4.79 Å². The van der Waals surface area contributed by atoms with Crippen LogP contribution in [0.1, 0.15) is 37.1 Å². The van der Waals surface area contributed by atoms with Gasteiger partial charge >= 0.3 is 0 Å². The molecule has 1 amide bonds. The second-order valence-electron chi connectivity index (χ2n) is 8.42. The third kappa shape index (κ3) is 5.41. The fraction of sp³-hybridized carbons (Fsp3) is 0.364. The number of anilines is 2. The number of likely N-dealkylation sites (tertiary alicyclic amines) is 1. The lowest BCUT2D eigenvalue weighted by Gasteiger charge is -2.46. The van der Waals surface area contributed by atoms with Crippen LogP contribution in [0.4, 0.5) is 11.5 Å². The van der Waals surface area contributed by atoms with Crippen LogP contribution in [0.2, 0.25) is 5.11 Å². The molecule has 1 aliphatic rings. The number of pyridine rings is 1. The van der Waals surface area contributed by atoms with E-state index in [1.165, 1.54) is 6.92 Å². The second-order valence-corrected chi connectivity index (χ2v) is 8.42. The van der Waals surface area contributed by atoms with Crippen LogP contribution < -0.4 is 5.32 Å². The Kier molecular flexibility index (Phi) is 6.49. The number of aryl methyl sites for hydroxylation is 1. The predicted molar refractivity (Wildman–Crippen MR) is 128 cm³/mol. The number of hydrogen-bond acceptors (Lipinski definition) is 7. The molecular formula is C22H22B3N7O. The van der Waals surface area contributed by atoms with Gasteiger partial charge in [-0.2, -0.15) is 0 Å². The number of nitrogens with zero attached hydrogens (tertiary/aromatic N) is 6. The van der Waals surface area contributed by atoms with Crippen LogP contribution in [0.15, 0.2) is 43.1 Å². The summed E-state index contributed by atoms with van der Waals surface area (Å²) in [5, 5.41) is 1.82. The van der Waals surface area contributed by atoms with E-state index in [9.17, 15) is 4.79 Å². The molecule has 0 aromatic carbocycles. The quantitative estimate of drug-likeness (QED) is 0.616. The van der Waals surface area contributed by atoms with Crippen molar-refractivity contribution in [1.82, 2.24) is 29.8 Å². The van der Waals surface area contributed by atoms with Crippen LogP contribution >= 0.6 is 0 Å². The van der Waals surface area contributed by atoms with Gasteiger partial charge < -0.3 is 10.2 Å². The molecule has 1 fully saturated rings. The molecule has 0 bridgehead atoms. The van der Waals surface area contributed by atoms with Gasteiger partial charge in [-0.1, -0.05) is 0 Å². The topological polar surface area (TPSA) is 96.8 Å². The zero-order valence-electron chi connectivity index (χ0n) is 18.6. The minimum atomic E-state index is -1.48. The summed E-state index contributed by atoms with van der Waals surface area (Å²) in [6.07, 6.45) is 9.59. The van der Waals surface area contributed by atoms with Crippen LogP contribution in [0.3, 0.4) is 0 Å². The van der Waals surface area contributed by atoms with Crippen molar-refractivity contribution in [2.24, 2.45) is 0 Å². The fourth-order valence-electron chi connectivity index (χ4n) is 4.10. The molecule has 0 saturated carbocycles. The Morgan fingerprint density at radius 3 is 2.55 bits per heavy atom. The first-order chi connectivity index (χ1) is 15.7. The van der Waals surface area contributed by atoms with Crippen molar-refractivity contribution in [2.75, 3.05) is 11.9 Å². The molecule has 4 rings (SSSR count). The summed E-state index contributed by atoms with van der Waals surface area (Å²) in [6.45, 7) is 3.81. The van der Waals surface area contributed by atoms with E-state index in [-0.39, 0.29) is 11.8 Å². The van der Waals surface area contributed by atoms with Gasteiger partial charge in [0.05, 0.1) is 47.3 Å². The van der Waals surface area contributed by atoms with Gasteiger partial charge in [-0.3, -0.25) is 19.7 Å². The van der Waals surface area contributed by atoms with Crippen LogP contribution in [0, 0.1) is 6.92 Å². The first-order valence-electron chi connectivity index (χ1n) is 10.7. The summed E-state index contributed by atoms with van der Waals surface area (Å²) in [5.74, 6) is 0.906. The number of amides is 1. The van der Waals surface area contributed by atoms with E-state index >= 15 is 0 Å². The highest BCUT2D eigenvalue weighted by molar-refractivity contribution is 6.59. The normalized spacial score (nSPS) is 18.7. The molecule has 160 valence electrons. The molecule has 2 atom stereocenters. The summed E-state index contributed by atoms with van der Waals surface area (Å²) in [7, 11) is 17.8. The van der Waals surface area contributed by atoms with Gasteiger partial charge in [0.15, 0.2) is 0 Å². The Morgan fingerprint density at radius 2 is 1.88 bits per heavy atom. The van der Waals surface area contributed by atoms with E-state index in [0.29, 0.717) is 42.4 Å². The minimum Gasteiger partial charge on any atom is -0.341 e. The maximum Gasteiger partial charge on any atom is 0.219 e. The average molecular weight is 433 g/mol. The van der Waals surface area contributed by atoms with Crippen LogP contribution in [-0.4, -0.2) is 71.9 Å². The third-order valence-corrected chi connectivity index (χ3v) is 5.65. The summed E-state index contributed by atoms with van der Waals surface area (Å²) < 4.78 is 0. The molecule has 0 spiro atoms. The largest absolute Gasteiger partial charge is 0.341 e. The van der Waals surface area contributed by atoms with Crippen molar-refractivity contribution < 1.29 is 4.79 Å². The Hall–Kier alpha value is -3.23. The van der Waals surface area contributed by atoms with E-state index in [1.807, 2.05) is 19.1 Å². The number of aromatic nitrogens is 5. The minimum absolute atomic E-state index is 0.125. The molecule has 4 heterocycles. The Balaban J connectivity index is 1.70. The first-order valence-corrected chi connectivity index (χ1v) is 10.7. The first kappa shape index (κ1) is 23.0. The van der Waals surface area contributed by atoms with E-state index in [4.69, 9.17) is 33.5 Å². The fourth-order valence-corrected chi connectivity index (χ4v) is 4.10. The molecule has 1 aliphatic heterocycles. The zero-order chi connectivity index (χ0) is 23.6. The standard InChI is InChI=1S/C22H22B3N7O/c1-13-7-16(10-27-9-13)29-20-8-17(18-11-26-5-6-28-18)30-21(31-20)15-3-4-19(22(23,24)25)32(12-15)14(2)33/h5-11,15,19H,3-4,12H2,1-2H3,(H,29,30,31)/t15-,19-/m1/s1. The summed E-state index contributed by atoms with van der Waals surface area (Å²) in [5.41, 5.74) is 3.07. The van der Waals surface area contributed by atoms with E-state index < -0.39 is 11.2 Å². The molecular weight excluding hydrogens is 411 g/mol. The number of carbonyl (C=O) groups excluding carboxylic acids is 1. The third-order valence-electron chi connectivity index (χ3n) is 5.65. The van der Waals surface area contributed by atoms with Crippen molar-refractivity contribution in [3.63, 3.8) is 0 Å². The molecule has 1 saturated heterocycles. The van der Waals surface area contributed by atoms with Crippen molar-refractivity contribution in [2.45, 2.75) is 43.8 Å². The number of rotatable bonds is 5. The van der Waals surface area contributed by atoms with Gasteiger partial charge in [-0.15, -0.1) is 5.11 Å². The summed E-state index contributed by atoms with van der Waals surface area (Å²) in [4.78, 5) is 36.2. The summed E-state index contributed by atoms with van der Waals surface area (Å²) in [6, 6.07) is 3.32. The van der Waals surface area contributed by atoms with E-state index in [2.05, 4.69) is 20.3 Å². The molecule has 3 aromatic rings. The van der Waals surface area contributed by atoms with Gasteiger partial charge in [0.1, 0.15) is 17.3 Å². The van der Waals surface area contributed by atoms with Crippen molar-refractivity contribution in [3.8, 4) is 11.4 Å². The molecule has 11 heteroatoms. The average Bonchev–Trinajstić information content (AvgIpc) is 2.78. The second kappa shape index (κ2) is 9.33. The molecule has 0 aliphatic carbocycles. The summed E-state index contributed by atoms with van der Waals surface area (Å²) >= 11 is 0. The van der Waals surface area contributed by atoms with Gasteiger partial charge in [0.2, 0.25) is 5.91 Å². The smallest absolute Gasteiger partial charge is 0.219 e. The number of nitrogens with one attached hydrogen (secondary N) is 1. The molecule has 3 aromatic heterocycles. The van der Waals surface area contributed by atoms with Gasteiger partial charge in [0.25, 0.3) is 0 Å². The highest BCUT2D eigenvalue weighted by atomic mass is 16.2. The molecule has 0 unspecified atom stereocenters. The van der Waals surface area contributed by atoms with Crippen molar-refractivity contribution in [1.29, 1.82) is 0 Å². The number of hydrogen-bond donors (Lipinski definition) is 1. The monoisotopic (exact) mass is 433 g/mol. The SMILES string of the molecule is [B]C([B])([B])[C@H]1CC[C@@H](c2nc(Nc3cncc(C)c3)cc(-c3cnccn3)n2)CN1C(C)=O. The molecule has 8 nitrogen and oxygen atoms in total. The highest BCUT2D eigenvalue weighted by Crippen LogP contribution is 2.36. The van der Waals surface area contributed by atoms with Crippen LogP contribution in [0.25, 0.3) is 11.4 Å². The number of carbonyl (C=O) groups is 1. The Labute approximate surface area is 197 Å². The van der Waals surface area contributed by atoms with Crippen molar-refractivity contribution >= 4 is 41.0 Å². The van der Waals surface area contributed by atoms with Gasteiger partial charge in [0, 0.05) is 50.1 Å². The molecule has 33 heavy (non-hydrogen) atoms. The van der Waals surface area contributed by atoms with E-state index in [1.54, 1.807) is 35.9 Å².